The van der Waals surface area contributed by atoms with Gasteiger partial charge in [-0.3, -0.25) is 0 Å². The standard InChI is InChI=1S/C30H33N3O2/c1-28(2,19-31)24-7-9-25(10-8-24)30-14-12-29(13-15-30,21-35-30)20-33-26-6-4-5-22(17-26)23-11-16-32-27(18-23)34-3/h4-11,16-18,33H,12-15,20-21H2,1-3H3. The zero-order valence-corrected chi connectivity index (χ0v) is 20.8. The van der Waals surface area contributed by atoms with Crippen molar-refractivity contribution in [2.75, 3.05) is 25.6 Å². The van der Waals surface area contributed by atoms with Crippen molar-refractivity contribution < 1.29 is 9.47 Å². The average Bonchev–Trinajstić information content (AvgIpc) is 2.93. The number of aromatic nitrogens is 1. The monoisotopic (exact) mass is 467 g/mol. The van der Waals surface area contributed by atoms with Crippen LogP contribution in [0.5, 0.6) is 5.88 Å². The molecule has 1 aliphatic carbocycles. The zero-order chi connectivity index (χ0) is 24.5. The topological polar surface area (TPSA) is 67.2 Å². The van der Waals surface area contributed by atoms with Gasteiger partial charge >= 0.3 is 0 Å². The van der Waals surface area contributed by atoms with Crippen LogP contribution in [0.1, 0.15) is 50.7 Å². The van der Waals surface area contributed by atoms with Crippen LogP contribution in [0.3, 0.4) is 0 Å². The fraction of sp³-hybridized carbons (Fsp3) is 0.400. The lowest BCUT2D eigenvalue weighted by Gasteiger charge is -2.53. The van der Waals surface area contributed by atoms with E-state index in [1.807, 2.05) is 26.0 Å². The predicted octanol–water partition coefficient (Wildman–Crippen LogP) is 6.46. The van der Waals surface area contributed by atoms with E-state index >= 15 is 0 Å². The Balaban J connectivity index is 1.24. The number of pyridine rings is 1. The molecule has 2 bridgehead atoms. The molecule has 3 heterocycles. The van der Waals surface area contributed by atoms with E-state index in [1.165, 1.54) is 5.56 Å². The van der Waals surface area contributed by atoms with E-state index in [-0.39, 0.29) is 11.0 Å². The number of fused-ring (bicyclic) bond motifs is 3. The molecule has 1 aromatic heterocycles. The molecule has 180 valence electrons. The molecular formula is C30H33N3O2. The first-order valence-electron chi connectivity index (χ1n) is 12.4. The largest absolute Gasteiger partial charge is 0.481 e. The van der Waals surface area contributed by atoms with Crippen LogP contribution in [0.25, 0.3) is 11.1 Å². The number of ether oxygens (including phenoxy) is 2. The second-order valence-corrected chi connectivity index (χ2v) is 10.6. The van der Waals surface area contributed by atoms with Crippen molar-refractivity contribution >= 4 is 5.69 Å². The Morgan fingerprint density at radius 1 is 1.03 bits per heavy atom. The van der Waals surface area contributed by atoms with E-state index in [0.717, 1.165) is 61.2 Å². The minimum absolute atomic E-state index is 0.167. The van der Waals surface area contributed by atoms with Crippen molar-refractivity contribution in [1.29, 1.82) is 5.26 Å². The number of nitriles is 1. The Morgan fingerprint density at radius 3 is 2.43 bits per heavy atom. The van der Waals surface area contributed by atoms with Crippen LogP contribution >= 0.6 is 0 Å². The van der Waals surface area contributed by atoms with Crippen LogP contribution in [0.15, 0.2) is 66.9 Å². The second-order valence-electron chi connectivity index (χ2n) is 10.6. The summed E-state index contributed by atoms with van der Waals surface area (Å²) in [5.74, 6) is 0.619. The molecule has 0 radical (unpaired) electrons. The molecule has 0 spiro atoms. The fourth-order valence-electron chi connectivity index (χ4n) is 5.42. The van der Waals surface area contributed by atoms with Crippen LogP contribution in [0.2, 0.25) is 0 Å². The summed E-state index contributed by atoms with van der Waals surface area (Å²) < 4.78 is 11.9. The van der Waals surface area contributed by atoms with Crippen molar-refractivity contribution in [3.8, 4) is 23.1 Å². The van der Waals surface area contributed by atoms with E-state index in [9.17, 15) is 5.26 Å². The highest BCUT2D eigenvalue weighted by atomic mass is 16.5. The van der Waals surface area contributed by atoms with Crippen molar-refractivity contribution in [3.05, 3.63) is 78.0 Å². The van der Waals surface area contributed by atoms with Crippen LogP contribution in [-0.4, -0.2) is 25.2 Å². The van der Waals surface area contributed by atoms with Crippen molar-refractivity contribution in [2.45, 2.75) is 50.5 Å². The summed E-state index contributed by atoms with van der Waals surface area (Å²) in [5, 5.41) is 13.1. The first-order chi connectivity index (χ1) is 16.9. The third-order valence-electron chi connectivity index (χ3n) is 7.99. The molecule has 2 aromatic carbocycles. The molecule has 3 aliphatic rings. The smallest absolute Gasteiger partial charge is 0.213 e. The summed E-state index contributed by atoms with van der Waals surface area (Å²) in [6.07, 6.45) is 6.14. The van der Waals surface area contributed by atoms with Crippen molar-refractivity contribution in [2.24, 2.45) is 5.41 Å². The van der Waals surface area contributed by atoms with Gasteiger partial charge in [0.25, 0.3) is 0 Å². The van der Waals surface area contributed by atoms with Gasteiger partial charge in [-0.25, -0.2) is 4.98 Å². The maximum Gasteiger partial charge on any atom is 0.213 e. The summed E-state index contributed by atoms with van der Waals surface area (Å²) in [4.78, 5) is 4.21. The maximum absolute atomic E-state index is 9.44. The lowest BCUT2D eigenvalue weighted by molar-refractivity contribution is -0.185. The van der Waals surface area contributed by atoms with Gasteiger partial charge in [-0.05, 0) is 80.0 Å². The highest BCUT2D eigenvalue weighted by molar-refractivity contribution is 5.68. The van der Waals surface area contributed by atoms with Gasteiger partial charge in [0.15, 0.2) is 0 Å². The minimum atomic E-state index is -0.474. The number of anilines is 1. The van der Waals surface area contributed by atoms with Gasteiger partial charge in [-0.2, -0.15) is 5.26 Å². The molecule has 2 aliphatic heterocycles. The highest BCUT2D eigenvalue weighted by Gasteiger charge is 2.50. The summed E-state index contributed by atoms with van der Waals surface area (Å²) in [6, 6.07) is 23.4. The molecule has 0 amide bonds. The molecule has 3 aromatic rings. The zero-order valence-electron chi connectivity index (χ0n) is 20.8. The number of nitrogens with zero attached hydrogens (tertiary/aromatic N) is 2. The summed E-state index contributed by atoms with van der Waals surface area (Å²) >= 11 is 0. The molecule has 1 saturated carbocycles. The van der Waals surface area contributed by atoms with E-state index in [2.05, 4.69) is 64.9 Å². The second kappa shape index (κ2) is 9.02. The van der Waals surface area contributed by atoms with Gasteiger partial charge in [0, 0.05) is 29.9 Å². The molecular weight excluding hydrogens is 434 g/mol. The van der Waals surface area contributed by atoms with Gasteiger partial charge in [0.05, 0.1) is 30.8 Å². The summed E-state index contributed by atoms with van der Waals surface area (Å²) in [6.45, 7) is 5.60. The van der Waals surface area contributed by atoms with E-state index < -0.39 is 5.41 Å². The summed E-state index contributed by atoms with van der Waals surface area (Å²) in [7, 11) is 1.64. The quantitative estimate of drug-likeness (QED) is 0.432. The van der Waals surface area contributed by atoms with Crippen molar-refractivity contribution in [1.82, 2.24) is 4.98 Å². The number of methoxy groups -OCH3 is 1. The average molecular weight is 468 g/mol. The number of nitrogens with one attached hydrogen (secondary N) is 1. The third-order valence-corrected chi connectivity index (χ3v) is 7.99. The number of hydrogen-bond acceptors (Lipinski definition) is 5. The van der Waals surface area contributed by atoms with Crippen LogP contribution in [0.4, 0.5) is 5.69 Å². The first kappa shape index (κ1) is 23.4. The van der Waals surface area contributed by atoms with Gasteiger partial charge in [0.2, 0.25) is 5.88 Å². The molecule has 35 heavy (non-hydrogen) atoms. The lowest BCUT2D eigenvalue weighted by Crippen LogP contribution is -2.51. The third kappa shape index (κ3) is 4.51. The van der Waals surface area contributed by atoms with E-state index in [4.69, 9.17) is 9.47 Å². The SMILES string of the molecule is COc1cc(-c2cccc(NCC34CCC(c5ccc(C(C)(C)C#N)cc5)(CC3)OC4)c2)ccn1. The van der Waals surface area contributed by atoms with Crippen LogP contribution in [-0.2, 0) is 15.8 Å². The molecule has 3 fully saturated rings. The Morgan fingerprint density at radius 2 is 1.77 bits per heavy atom. The van der Waals surface area contributed by atoms with E-state index in [1.54, 1.807) is 13.3 Å². The predicted molar refractivity (Wildman–Crippen MR) is 138 cm³/mol. The van der Waals surface area contributed by atoms with Gasteiger partial charge in [-0.15, -0.1) is 0 Å². The first-order valence-corrected chi connectivity index (χ1v) is 12.4. The molecule has 1 N–H and O–H groups in total. The fourth-order valence-corrected chi connectivity index (χ4v) is 5.42. The van der Waals surface area contributed by atoms with E-state index in [0.29, 0.717) is 5.88 Å². The minimum Gasteiger partial charge on any atom is -0.481 e. The number of rotatable bonds is 7. The number of benzene rings is 2. The molecule has 6 rings (SSSR count). The molecule has 0 unspecified atom stereocenters. The molecule has 5 heteroatoms. The van der Waals surface area contributed by atoms with Crippen LogP contribution in [0, 0.1) is 16.7 Å². The highest BCUT2D eigenvalue weighted by Crippen LogP contribution is 2.53. The Labute approximate surface area is 208 Å². The van der Waals surface area contributed by atoms with Gasteiger partial charge in [0.1, 0.15) is 0 Å². The molecule has 2 saturated heterocycles. The Kier molecular flexibility index (Phi) is 6.02. The van der Waals surface area contributed by atoms with Crippen molar-refractivity contribution in [3.63, 3.8) is 0 Å². The summed E-state index contributed by atoms with van der Waals surface area (Å²) in [5.41, 5.74) is 5.15. The normalized spacial score (nSPS) is 23.5. The number of hydrogen-bond donors (Lipinski definition) is 1. The Bertz CT molecular complexity index is 1220. The van der Waals surface area contributed by atoms with Crippen LogP contribution < -0.4 is 10.1 Å². The Hall–Kier alpha value is -3.36. The van der Waals surface area contributed by atoms with Gasteiger partial charge in [-0.1, -0.05) is 36.4 Å². The maximum atomic E-state index is 9.44. The lowest BCUT2D eigenvalue weighted by atomic mass is 9.64. The molecule has 0 atom stereocenters. The molecule has 5 nitrogen and oxygen atoms in total. The van der Waals surface area contributed by atoms with Gasteiger partial charge < -0.3 is 14.8 Å².